The lowest BCUT2D eigenvalue weighted by Crippen LogP contribution is -1.84. The molecule has 5 nitrogen and oxygen atoms in total. The molecule has 2 N–H and O–H groups in total. The van der Waals surface area contributed by atoms with Gasteiger partial charge < -0.3 is 14.8 Å². The highest BCUT2D eigenvalue weighted by atomic mass is 16.5. The fraction of sp³-hybridized carbons (Fsp3) is 0.250. The zero-order valence-corrected chi connectivity index (χ0v) is 7.37. The van der Waals surface area contributed by atoms with Crippen molar-refractivity contribution in [3.63, 3.8) is 0 Å². The largest absolute Gasteiger partial charge is 0.367 e. The van der Waals surface area contributed by atoms with E-state index in [2.05, 4.69) is 10.3 Å². The van der Waals surface area contributed by atoms with Gasteiger partial charge in [0.05, 0.1) is 11.4 Å². The van der Waals surface area contributed by atoms with Crippen molar-refractivity contribution >= 4 is 5.88 Å². The van der Waals surface area contributed by atoms with Crippen LogP contribution in [0.3, 0.4) is 0 Å². The van der Waals surface area contributed by atoms with Crippen molar-refractivity contribution in [2.45, 2.75) is 13.8 Å². The van der Waals surface area contributed by atoms with E-state index in [1.54, 1.807) is 13.0 Å². The van der Waals surface area contributed by atoms with Crippen LogP contribution in [-0.4, -0.2) is 10.3 Å². The van der Waals surface area contributed by atoms with Gasteiger partial charge in [0.2, 0.25) is 5.88 Å². The van der Waals surface area contributed by atoms with Crippen LogP contribution >= 0.6 is 0 Å². The molecule has 0 amide bonds. The summed E-state index contributed by atoms with van der Waals surface area (Å²) in [5, 5.41) is 7.47. The van der Waals surface area contributed by atoms with Gasteiger partial charge in [-0.05, 0) is 13.8 Å². The van der Waals surface area contributed by atoms with E-state index in [-0.39, 0.29) is 5.88 Å². The third-order valence-corrected chi connectivity index (χ3v) is 1.76. The maximum atomic E-state index is 5.57. The maximum absolute atomic E-state index is 5.57. The molecule has 0 saturated heterocycles. The van der Waals surface area contributed by atoms with E-state index < -0.39 is 0 Å². The standard InChI is InChI=1S/C8H9N3O2/c1-4-3-6(12-10-4)7-5(2)11-13-8(7)9/h3H,9H2,1-2H3. The van der Waals surface area contributed by atoms with E-state index >= 15 is 0 Å². The number of anilines is 1. The molecule has 0 aliphatic rings. The number of nitrogens with zero attached hydrogens (tertiary/aromatic N) is 2. The Balaban J connectivity index is 2.57. The predicted molar refractivity (Wildman–Crippen MR) is 45.9 cm³/mol. The zero-order valence-electron chi connectivity index (χ0n) is 7.37. The summed E-state index contributed by atoms with van der Waals surface area (Å²) in [6, 6.07) is 1.79. The SMILES string of the molecule is Cc1cc(-c2c(C)noc2N)on1. The molecule has 5 heteroatoms. The second kappa shape index (κ2) is 2.62. The molecule has 0 aliphatic heterocycles. The molecule has 0 radical (unpaired) electrons. The topological polar surface area (TPSA) is 78.1 Å². The van der Waals surface area contributed by atoms with Gasteiger partial charge in [0.15, 0.2) is 5.76 Å². The van der Waals surface area contributed by atoms with Crippen LogP contribution in [0.15, 0.2) is 15.1 Å². The Labute approximate surface area is 74.5 Å². The van der Waals surface area contributed by atoms with Crippen molar-refractivity contribution < 1.29 is 9.05 Å². The Morgan fingerprint density at radius 2 is 2.00 bits per heavy atom. The maximum Gasteiger partial charge on any atom is 0.233 e. The highest BCUT2D eigenvalue weighted by Crippen LogP contribution is 2.29. The van der Waals surface area contributed by atoms with Crippen molar-refractivity contribution in [3.05, 3.63) is 17.5 Å². The van der Waals surface area contributed by atoms with Crippen LogP contribution in [-0.2, 0) is 0 Å². The first-order chi connectivity index (χ1) is 6.18. The van der Waals surface area contributed by atoms with Crippen LogP contribution in [0.4, 0.5) is 5.88 Å². The summed E-state index contributed by atoms with van der Waals surface area (Å²) < 4.78 is 9.84. The van der Waals surface area contributed by atoms with Crippen LogP contribution in [0, 0.1) is 13.8 Å². The Morgan fingerprint density at radius 1 is 1.23 bits per heavy atom. The molecule has 2 aromatic heterocycles. The Morgan fingerprint density at radius 3 is 2.46 bits per heavy atom. The molecule has 0 unspecified atom stereocenters. The number of nitrogen functional groups attached to an aromatic ring is 1. The van der Waals surface area contributed by atoms with Crippen molar-refractivity contribution in [3.8, 4) is 11.3 Å². The molecular weight excluding hydrogens is 170 g/mol. The van der Waals surface area contributed by atoms with Gasteiger partial charge in [-0.3, -0.25) is 0 Å². The minimum atomic E-state index is 0.258. The highest BCUT2D eigenvalue weighted by Gasteiger charge is 2.16. The van der Waals surface area contributed by atoms with Crippen LogP contribution in [0.5, 0.6) is 0 Å². The van der Waals surface area contributed by atoms with E-state index in [1.165, 1.54) is 0 Å². The second-order valence-electron chi connectivity index (χ2n) is 2.84. The third kappa shape index (κ3) is 1.18. The monoisotopic (exact) mass is 179 g/mol. The number of nitrogens with two attached hydrogens (primary N) is 1. The highest BCUT2D eigenvalue weighted by molar-refractivity contribution is 5.70. The van der Waals surface area contributed by atoms with E-state index in [4.69, 9.17) is 14.8 Å². The van der Waals surface area contributed by atoms with Gasteiger partial charge in [-0.1, -0.05) is 10.3 Å². The quantitative estimate of drug-likeness (QED) is 0.718. The number of aryl methyl sites for hydroxylation is 2. The Bertz CT molecular complexity index is 411. The normalized spacial score (nSPS) is 10.6. The Kier molecular flexibility index (Phi) is 1.58. The third-order valence-electron chi connectivity index (χ3n) is 1.76. The summed E-state index contributed by atoms with van der Waals surface area (Å²) in [6.45, 7) is 3.64. The molecule has 2 aromatic rings. The fourth-order valence-electron chi connectivity index (χ4n) is 1.17. The zero-order chi connectivity index (χ0) is 9.42. The molecule has 0 spiro atoms. The molecule has 0 atom stereocenters. The van der Waals surface area contributed by atoms with Crippen LogP contribution in [0.2, 0.25) is 0 Å². The predicted octanol–water partition coefficient (Wildman–Crippen LogP) is 1.53. The first kappa shape index (κ1) is 7.85. The first-order valence-corrected chi connectivity index (χ1v) is 3.84. The number of aromatic nitrogens is 2. The summed E-state index contributed by atoms with van der Waals surface area (Å²) in [6.07, 6.45) is 0. The summed E-state index contributed by atoms with van der Waals surface area (Å²) in [4.78, 5) is 0. The van der Waals surface area contributed by atoms with E-state index in [9.17, 15) is 0 Å². The molecule has 0 aliphatic carbocycles. The minimum Gasteiger partial charge on any atom is -0.367 e. The van der Waals surface area contributed by atoms with Crippen molar-refractivity contribution in [1.82, 2.24) is 10.3 Å². The number of rotatable bonds is 1. The fourth-order valence-corrected chi connectivity index (χ4v) is 1.17. The van der Waals surface area contributed by atoms with Gasteiger partial charge >= 0.3 is 0 Å². The summed E-state index contributed by atoms with van der Waals surface area (Å²) in [5.41, 5.74) is 7.75. The average molecular weight is 179 g/mol. The van der Waals surface area contributed by atoms with Gasteiger partial charge in [0, 0.05) is 6.07 Å². The van der Waals surface area contributed by atoms with Gasteiger partial charge in [-0.25, -0.2) is 0 Å². The summed E-state index contributed by atoms with van der Waals surface area (Å²) in [7, 11) is 0. The minimum absolute atomic E-state index is 0.258. The molecular formula is C8H9N3O2. The van der Waals surface area contributed by atoms with Crippen LogP contribution in [0.1, 0.15) is 11.4 Å². The molecule has 0 fully saturated rings. The Hall–Kier alpha value is -1.78. The van der Waals surface area contributed by atoms with Gasteiger partial charge in [-0.2, -0.15) is 0 Å². The number of hydrogen-bond acceptors (Lipinski definition) is 5. The van der Waals surface area contributed by atoms with E-state index in [0.29, 0.717) is 17.0 Å². The van der Waals surface area contributed by atoms with Crippen LogP contribution in [0.25, 0.3) is 11.3 Å². The van der Waals surface area contributed by atoms with Crippen molar-refractivity contribution in [2.24, 2.45) is 0 Å². The molecule has 0 bridgehead atoms. The lowest BCUT2D eigenvalue weighted by molar-refractivity contribution is 0.424. The average Bonchev–Trinajstić information content (AvgIpc) is 2.60. The van der Waals surface area contributed by atoms with Gasteiger partial charge in [0.1, 0.15) is 5.56 Å². The first-order valence-electron chi connectivity index (χ1n) is 3.84. The van der Waals surface area contributed by atoms with Gasteiger partial charge in [0.25, 0.3) is 0 Å². The molecule has 2 heterocycles. The molecule has 13 heavy (non-hydrogen) atoms. The van der Waals surface area contributed by atoms with E-state index in [1.807, 2.05) is 6.92 Å². The summed E-state index contributed by atoms with van der Waals surface area (Å²) in [5.74, 6) is 0.849. The molecule has 68 valence electrons. The smallest absolute Gasteiger partial charge is 0.233 e. The van der Waals surface area contributed by atoms with Crippen molar-refractivity contribution in [1.29, 1.82) is 0 Å². The lowest BCUT2D eigenvalue weighted by atomic mass is 10.2. The van der Waals surface area contributed by atoms with Crippen LogP contribution < -0.4 is 5.73 Å². The van der Waals surface area contributed by atoms with Gasteiger partial charge in [-0.15, -0.1) is 0 Å². The van der Waals surface area contributed by atoms with E-state index in [0.717, 1.165) is 5.69 Å². The van der Waals surface area contributed by atoms with Crippen molar-refractivity contribution in [2.75, 3.05) is 5.73 Å². The molecule has 0 saturated carbocycles. The molecule has 2 rings (SSSR count). The lowest BCUT2D eigenvalue weighted by Gasteiger charge is -1.89. The molecule has 0 aromatic carbocycles. The number of hydrogen-bond donors (Lipinski definition) is 1. The summed E-state index contributed by atoms with van der Waals surface area (Å²) >= 11 is 0. The second-order valence-corrected chi connectivity index (χ2v) is 2.84.